The standard InChI is InChI=1S/C13H17NO2S/c14-11-7-6-9(13(15)16)8-12(11)17-10-4-2-1-3-5-10/h6-8,10H,1-5,14H2,(H,15,16). The van der Waals surface area contributed by atoms with Crippen LogP contribution in [0.5, 0.6) is 0 Å². The number of rotatable bonds is 3. The van der Waals surface area contributed by atoms with Gasteiger partial charge in [-0.15, -0.1) is 11.8 Å². The van der Waals surface area contributed by atoms with Gasteiger partial charge in [-0.2, -0.15) is 0 Å². The van der Waals surface area contributed by atoms with E-state index in [0.717, 1.165) is 4.90 Å². The molecule has 3 N–H and O–H groups in total. The number of carboxylic acid groups (broad SMARTS) is 1. The summed E-state index contributed by atoms with van der Waals surface area (Å²) in [5.41, 5.74) is 6.90. The third-order valence-corrected chi connectivity index (χ3v) is 4.52. The Hall–Kier alpha value is -1.16. The van der Waals surface area contributed by atoms with Crippen LogP contribution in [0.4, 0.5) is 5.69 Å². The first kappa shape index (κ1) is 12.3. The highest BCUT2D eigenvalue weighted by atomic mass is 32.2. The zero-order valence-electron chi connectivity index (χ0n) is 9.69. The Kier molecular flexibility index (Phi) is 3.94. The molecule has 0 spiro atoms. The SMILES string of the molecule is Nc1ccc(C(=O)O)cc1SC1CCCCC1. The van der Waals surface area contributed by atoms with E-state index >= 15 is 0 Å². The first-order chi connectivity index (χ1) is 8.16. The van der Waals surface area contributed by atoms with Crippen molar-refractivity contribution >= 4 is 23.4 Å². The Balaban J connectivity index is 2.13. The third kappa shape index (κ3) is 3.16. The largest absolute Gasteiger partial charge is 0.478 e. The smallest absolute Gasteiger partial charge is 0.335 e. The van der Waals surface area contributed by atoms with Gasteiger partial charge in [-0.05, 0) is 31.0 Å². The van der Waals surface area contributed by atoms with Gasteiger partial charge in [0.15, 0.2) is 0 Å². The van der Waals surface area contributed by atoms with Gasteiger partial charge in [-0.1, -0.05) is 19.3 Å². The van der Waals surface area contributed by atoms with E-state index in [1.165, 1.54) is 32.1 Å². The van der Waals surface area contributed by atoms with E-state index in [9.17, 15) is 4.79 Å². The highest BCUT2D eigenvalue weighted by Crippen LogP contribution is 2.36. The lowest BCUT2D eigenvalue weighted by molar-refractivity contribution is 0.0696. The van der Waals surface area contributed by atoms with Gasteiger partial charge >= 0.3 is 5.97 Å². The molecule has 0 radical (unpaired) electrons. The average Bonchev–Trinajstić information content (AvgIpc) is 2.33. The van der Waals surface area contributed by atoms with Crippen molar-refractivity contribution in [1.82, 2.24) is 0 Å². The van der Waals surface area contributed by atoms with Gasteiger partial charge in [-0.3, -0.25) is 0 Å². The number of aromatic carboxylic acids is 1. The molecule has 0 aliphatic heterocycles. The molecule has 4 heteroatoms. The molecule has 1 aliphatic rings. The van der Waals surface area contributed by atoms with Crippen LogP contribution in [0.1, 0.15) is 42.5 Å². The van der Waals surface area contributed by atoms with Crippen LogP contribution in [-0.2, 0) is 0 Å². The Labute approximate surface area is 105 Å². The molecule has 0 unspecified atom stereocenters. The van der Waals surface area contributed by atoms with Gasteiger partial charge in [0.25, 0.3) is 0 Å². The van der Waals surface area contributed by atoms with Crippen molar-refractivity contribution in [3.8, 4) is 0 Å². The minimum Gasteiger partial charge on any atom is -0.478 e. The third-order valence-electron chi connectivity index (χ3n) is 3.11. The monoisotopic (exact) mass is 251 g/mol. The van der Waals surface area contributed by atoms with E-state index in [4.69, 9.17) is 10.8 Å². The minimum atomic E-state index is -0.893. The Morgan fingerprint density at radius 1 is 1.29 bits per heavy atom. The van der Waals surface area contributed by atoms with Gasteiger partial charge in [0.2, 0.25) is 0 Å². The fourth-order valence-corrected chi connectivity index (χ4v) is 3.46. The number of anilines is 1. The fourth-order valence-electron chi connectivity index (χ4n) is 2.13. The fraction of sp³-hybridized carbons (Fsp3) is 0.462. The summed E-state index contributed by atoms with van der Waals surface area (Å²) in [6, 6.07) is 4.94. The number of benzene rings is 1. The van der Waals surface area contributed by atoms with Crippen molar-refractivity contribution in [2.45, 2.75) is 42.2 Å². The van der Waals surface area contributed by atoms with Crippen molar-refractivity contribution in [3.63, 3.8) is 0 Å². The van der Waals surface area contributed by atoms with Crippen LogP contribution in [0.2, 0.25) is 0 Å². The van der Waals surface area contributed by atoms with Gasteiger partial charge < -0.3 is 10.8 Å². The van der Waals surface area contributed by atoms with Gasteiger partial charge in [-0.25, -0.2) is 4.79 Å². The second kappa shape index (κ2) is 5.45. The number of hydrogen-bond acceptors (Lipinski definition) is 3. The summed E-state index contributed by atoms with van der Waals surface area (Å²) in [5.74, 6) is -0.893. The number of thioether (sulfide) groups is 1. The minimum absolute atomic E-state index is 0.317. The van der Waals surface area contributed by atoms with Crippen LogP contribution in [0.15, 0.2) is 23.1 Å². The second-order valence-electron chi connectivity index (χ2n) is 4.44. The molecule has 0 bridgehead atoms. The molecule has 1 aromatic rings. The Morgan fingerprint density at radius 3 is 2.65 bits per heavy atom. The molecule has 1 aliphatic carbocycles. The summed E-state index contributed by atoms with van der Waals surface area (Å²) in [6.07, 6.45) is 6.29. The molecule has 1 aromatic carbocycles. The number of nitrogens with two attached hydrogens (primary N) is 1. The highest BCUT2D eigenvalue weighted by molar-refractivity contribution is 8.00. The lowest BCUT2D eigenvalue weighted by Crippen LogP contribution is -2.08. The molecule has 0 amide bonds. The van der Waals surface area contributed by atoms with Crippen molar-refractivity contribution in [1.29, 1.82) is 0 Å². The van der Waals surface area contributed by atoms with Crippen molar-refractivity contribution in [2.75, 3.05) is 5.73 Å². The van der Waals surface area contributed by atoms with Crippen LogP contribution in [-0.4, -0.2) is 16.3 Å². The molecular weight excluding hydrogens is 234 g/mol. The van der Waals surface area contributed by atoms with Crippen molar-refractivity contribution in [3.05, 3.63) is 23.8 Å². The summed E-state index contributed by atoms with van der Waals surface area (Å²) in [4.78, 5) is 11.8. The molecular formula is C13H17NO2S. The number of nitrogen functional groups attached to an aromatic ring is 1. The molecule has 3 nitrogen and oxygen atoms in total. The molecule has 1 saturated carbocycles. The lowest BCUT2D eigenvalue weighted by Gasteiger charge is -2.21. The van der Waals surface area contributed by atoms with E-state index in [0.29, 0.717) is 16.5 Å². The molecule has 17 heavy (non-hydrogen) atoms. The first-order valence-corrected chi connectivity index (χ1v) is 6.84. The number of hydrogen-bond donors (Lipinski definition) is 2. The number of carboxylic acids is 1. The van der Waals surface area contributed by atoms with E-state index in [2.05, 4.69) is 0 Å². The normalized spacial score (nSPS) is 16.9. The predicted octanol–water partition coefficient (Wildman–Crippen LogP) is 3.39. The Morgan fingerprint density at radius 2 is 2.00 bits per heavy atom. The molecule has 0 saturated heterocycles. The first-order valence-electron chi connectivity index (χ1n) is 5.96. The zero-order chi connectivity index (χ0) is 12.3. The number of carbonyl (C=O) groups is 1. The Bertz CT molecular complexity index is 414. The van der Waals surface area contributed by atoms with Crippen LogP contribution in [0.3, 0.4) is 0 Å². The predicted molar refractivity (Wildman–Crippen MR) is 70.5 cm³/mol. The van der Waals surface area contributed by atoms with Crippen LogP contribution >= 0.6 is 11.8 Å². The van der Waals surface area contributed by atoms with Crippen LogP contribution in [0.25, 0.3) is 0 Å². The van der Waals surface area contributed by atoms with Gasteiger partial charge in [0.1, 0.15) is 0 Å². The maximum absolute atomic E-state index is 10.9. The van der Waals surface area contributed by atoms with Crippen LogP contribution < -0.4 is 5.73 Å². The average molecular weight is 251 g/mol. The molecule has 1 fully saturated rings. The lowest BCUT2D eigenvalue weighted by atomic mass is 10.0. The molecule has 0 atom stereocenters. The summed E-state index contributed by atoms with van der Waals surface area (Å²) in [7, 11) is 0. The maximum atomic E-state index is 10.9. The van der Waals surface area contributed by atoms with E-state index in [1.807, 2.05) is 0 Å². The molecule has 0 aromatic heterocycles. The van der Waals surface area contributed by atoms with Crippen LogP contribution in [0, 0.1) is 0 Å². The van der Waals surface area contributed by atoms with Crippen molar-refractivity contribution in [2.24, 2.45) is 0 Å². The summed E-state index contributed by atoms with van der Waals surface area (Å²) >= 11 is 1.73. The van der Waals surface area contributed by atoms with Gasteiger partial charge in [0.05, 0.1) is 5.56 Å². The second-order valence-corrected chi connectivity index (χ2v) is 5.78. The molecule has 0 heterocycles. The molecule has 92 valence electrons. The van der Waals surface area contributed by atoms with E-state index in [1.54, 1.807) is 30.0 Å². The summed E-state index contributed by atoms with van der Waals surface area (Å²) < 4.78 is 0. The van der Waals surface area contributed by atoms with Crippen molar-refractivity contribution < 1.29 is 9.90 Å². The van der Waals surface area contributed by atoms with E-state index < -0.39 is 5.97 Å². The maximum Gasteiger partial charge on any atom is 0.335 e. The van der Waals surface area contributed by atoms with E-state index in [-0.39, 0.29) is 0 Å². The molecule has 2 rings (SSSR count). The summed E-state index contributed by atoms with van der Waals surface area (Å²) in [6.45, 7) is 0. The topological polar surface area (TPSA) is 63.3 Å². The quantitative estimate of drug-likeness (QED) is 0.808. The highest BCUT2D eigenvalue weighted by Gasteiger charge is 2.16. The summed E-state index contributed by atoms with van der Waals surface area (Å²) in [5, 5.41) is 9.55. The zero-order valence-corrected chi connectivity index (χ0v) is 10.5. The van der Waals surface area contributed by atoms with Gasteiger partial charge in [0, 0.05) is 15.8 Å².